The average molecular weight is 393 g/mol. The average Bonchev–Trinajstić information content (AvgIpc) is 3.23. The molecule has 1 aromatic carbocycles. The molecule has 3 heterocycles. The summed E-state index contributed by atoms with van der Waals surface area (Å²) in [7, 11) is 0. The molecule has 9 nitrogen and oxygen atoms in total. The van der Waals surface area contributed by atoms with Crippen LogP contribution in [0.4, 0.5) is 5.95 Å². The number of carbonyl (C=O) groups excluding carboxylic acids is 1. The van der Waals surface area contributed by atoms with Crippen LogP contribution in [-0.4, -0.2) is 61.5 Å². The maximum absolute atomic E-state index is 13.4. The molecule has 3 aromatic rings. The van der Waals surface area contributed by atoms with Crippen LogP contribution in [0.2, 0.25) is 0 Å². The van der Waals surface area contributed by atoms with Crippen molar-refractivity contribution in [2.75, 3.05) is 24.8 Å². The zero-order valence-corrected chi connectivity index (χ0v) is 16.5. The summed E-state index contributed by atoms with van der Waals surface area (Å²) in [6.07, 6.45) is 5.73. The number of amides is 1. The van der Waals surface area contributed by atoms with Gasteiger partial charge in [-0.3, -0.25) is 9.63 Å². The Hall–Kier alpha value is -3.33. The standard InChI is InChI=1S/C20H23N7O2/c1-3-16-8-9-21-20(24-16)26-13-12-25(15(2)14-29-26)19(28)17-6-4-5-7-18(17)27-22-10-11-23-27/h4-11,15H,3,12-14H2,1-2H3/t15-/m1/s1. The summed E-state index contributed by atoms with van der Waals surface area (Å²) in [6.45, 7) is 5.34. The van der Waals surface area contributed by atoms with Crippen LogP contribution >= 0.6 is 0 Å². The van der Waals surface area contributed by atoms with Gasteiger partial charge >= 0.3 is 0 Å². The van der Waals surface area contributed by atoms with Gasteiger partial charge in [0.25, 0.3) is 5.91 Å². The van der Waals surface area contributed by atoms with Gasteiger partial charge in [0.2, 0.25) is 5.95 Å². The molecule has 29 heavy (non-hydrogen) atoms. The summed E-state index contributed by atoms with van der Waals surface area (Å²) in [4.78, 5) is 31.4. The largest absolute Gasteiger partial charge is 0.332 e. The monoisotopic (exact) mass is 393 g/mol. The van der Waals surface area contributed by atoms with E-state index in [1.807, 2.05) is 43.0 Å². The molecule has 9 heteroatoms. The second-order valence-electron chi connectivity index (χ2n) is 6.78. The lowest BCUT2D eigenvalue weighted by molar-refractivity contribution is 0.0597. The van der Waals surface area contributed by atoms with E-state index < -0.39 is 0 Å². The Morgan fingerprint density at radius 1 is 1.14 bits per heavy atom. The predicted molar refractivity (Wildman–Crippen MR) is 107 cm³/mol. The number of hydroxylamine groups is 1. The summed E-state index contributed by atoms with van der Waals surface area (Å²) in [5, 5.41) is 10.0. The molecule has 0 spiro atoms. The maximum Gasteiger partial charge on any atom is 0.256 e. The molecular weight excluding hydrogens is 370 g/mol. The predicted octanol–water partition coefficient (Wildman–Crippen LogP) is 1.90. The van der Waals surface area contributed by atoms with Crippen LogP contribution in [0, 0.1) is 0 Å². The van der Waals surface area contributed by atoms with E-state index >= 15 is 0 Å². The van der Waals surface area contributed by atoms with E-state index in [9.17, 15) is 4.79 Å². The quantitative estimate of drug-likeness (QED) is 0.669. The number of rotatable bonds is 4. The van der Waals surface area contributed by atoms with Gasteiger partial charge in [-0.1, -0.05) is 19.1 Å². The van der Waals surface area contributed by atoms with Gasteiger partial charge in [-0.05, 0) is 31.5 Å². The van der Waals surface area contributed by atoms with Crippen molar-refractivity contribution in [3.05, 3.63) is 60.2 Å². The Balaban J connectivity index is 1.56. The fraction of sp³-hybridized carbons (Fsp3) is 0.350. The molecule has 4 rings (SSSR count). The van der Waals surface area contributed by atoms with Crippen molar-refractivity contribution in [3.63, 3.8) is 0 Å². The van der Waals surface area contributed by atoms with Gasteiger partial charge in [-0.15, -0.1) is 0 Å². The normalized spacial score (nSPS) is 17.2. The van der Waals surface area contributed by atoms with E-state index in [2.05, 4.69) is 20.2 Å². The lowest BCUT2D eigenvalue weighted by Gasteiger charge is -2.26. The number of hydrogen-bond donors (Lipinski definition) is 0. The Bertz CT molecular complexity index is 976. The second-order valence-corrected chi connectivity index (χ2v) is 6.78. The molecule has 1 saturated heterocycles. The minimum absolute atomic E-state index is 0.0842. The molecule has 0 aliphatic carbocycles. The Labute approximate surface area is 168 Å². The van der Waals surface area contributed by atoms with Crippen molar-refractivity contribution in [2.45, 2.75) is 26.3 Å². The van der Waals surface area contributed by atoms with Crippen molar-refractivity contribution in [1.29, 1.82) is 0 Å². The molecule has 1 aliphatic rings. The number of nitrogens with zero attached hydrogens (tertiary/aromatic N) is 7. The SMILES string of the molecule is CCc1ccnc(N2CCN(C(=O)c3ccccc3-n3nccn3)[C@H](C)CO2)n1. The number of aromatic nitrogens is 5. The van der Waals surface area contributed by atoms with Crippen LogP contribution in [0.15, 0.2) is 48.9 Å². The third-order valence-electron chi connectivity index (χ3n) is 4.86. The number of hydrogen-bond acceptors (Lipinski definition) is 7. The smallest absolute Gasteiger partial charge is 0.256 e. The first-order chi connectivity index (χ1) is 14.2. The second kappa shape index (κ2) is 8.36. The van der Waals surface area contributed by atoms with Gasteiger partial charge in [0.15, 0.2) is 0 Å². The molecular formula is C20H23N7O2. The van der Waals surface area contributed by atoms with E-state index in [0.29, 0.717) is 36.9 Å². The van der Waals surface area contributed by atoms with Crippen LogP contribution in [0.1, 0.15) is 29.9 Å². The highest BCUT2D eigenvalue weighted by Crippen LogP contribution is 2.20. The van der Waals surface area contributed by atoms with Crippen molar-refractivity contribution in [3.8, 4) is 5.69 Å². The molecule has 0 bridgehead atoms. The maximum atomic E-state index is 13.4. The third-order valence-corrected chi connectivity index (χ3v) is 4.86. The summed E-state index contributed by atoms with van der Waals surface area (Å²) in [6, 6.07) is 9.12. The highest BCUT2D eigenvalue weighted by atomic mass is 16.7. The molecule has 0 radical (unpaired) electrons. The molecule has 0 saturated carbocycles. The molecule has 2 aromatic heterocycles. The fourth-order valence-corrected chi connectivity index (χ4v) is 3.26. The lowest BCUT2D eigenvalue weighted by Crippen LogP contribution is -2.41. The summed E-state index contributed by atoms with van der Waals surface area (Å²) in [5.41, 5.74) is 2.15. The van der Waals surface area contributed by atoms with Crippen molar-refractivity contribution in [2.24, 2.45) is 0 Å². The minimum atomic E-state index is -0.111. The fourth-order valence-electron chi connectivity index (χ4n) is 3.26. The van der Waals surface area contributed by atoms with Crippen molar-refractivity contribution >= 4 is 11.9 Å². The highest BCUT2D eigenvalue weighted by Gasteiger charge is 2.29. The van der Waals surface area contributed by atoms with Gasteiger partial charge in [0.05, 0.1) is 42.8 Å². The number of carbonyl (C=O) groups is 1. The first-order valence-corrected chi connectivity index (χ1v) is 9.66. The van der Waals surface area contributed by atoms with Gasteiger partial charge in [-0.2, -0.15) is 15.0 Å². The van der Waals surface area contributed by atoms with E-state index in [1.165, 1.54) is 4.80 Å². The summed E-state index contributed by atoms with van der Waals surface area (Å²) >= 11 is 0. The number of anilines is 1. The van der Waals surface area contributed by atoms with Gasteiger partial charge in [-0.25, -0.2) is 15.0 Å². The molecule has 0 unspecified atom stereocenters. The zero-order valence-electron chi connectivity index (χ0n) is 16.5. The Morgan fingerprint density at radius 3 is 2.72 bits per heavy atom. The number of para-hydroxylation sites is 1. The van der Waals surface area contributed by atoms with Gasteiger partial charge < -0.3 is 4.90 Å². The van der Waals surface area contributed by atoms with Crippen LogP contribution < -0.4 is 5.06 Å². The van der Waals surface area contributed by atoms with E-state index in [1.54, 1.807) is 29.7 Å². The van der Waals surface area contributed by atoms with Crippen LogP contribution in [0.5, 0.6) is 0 Å². The highest BCUT2D eigenvalue weighted by molar-refractivity contribution is 5.98. The van der Waals surface area contributed by atoms with E-state index in [4.69, 9.17) is 4.84 Å². The molecule has 0 N–H and O–H groups in total. The molecule has 150 valence electrons. The Kier molecular flexibility index (Phi) is 5.48. The summed E-state index contributed by atoms with van der Waals surface area (Å²) in [5.74, 6) is 0.436. The minimum Gasteiger partial charge on any atom is -0.332 e. The molecule has 1 aliphatic heterocycles. The van der Waals surface area contributed by atoms with E-state index in [0.717, 1.165) is 12.1 Å². The third kappa shape index (κ3) is 3.95. The lowest BCUT2D eigenvalue weighted by atomic mass is 10.1. The zero-order chi connectivity index (χ0) is 20.2. The molecule has 1 fully saturated rings. The van der Waals surface area contributed by atoms with Gasteiger partial charge in [0.1, 0.15) is 0 Å². The molecule has 1 amide bonds. The van der Waals surface area contributed by atoms with Crippen LogP contribution in [0.25, 0.3) is 5.69 Å². The first-order valence-electron chi connectivity index (χ1n) is 9.66. The number of benzene rings is 1. The van der Waals surface area contributed by atoms with Crippen molar-refractivity contribution in [1.82, 2.24) is 29.9 Å². The molecule has 1 atom stereocenters. The first kappa shape index (κ1) is 19.0. The van der Waals surface area contributed by atoms with E-state index in [-0.39, 0.29) is 11.9 Å². The number of aryl methyl sites for hydroxylation is 1. The summed E-state index contributed by atoms with van der Waals surface area (Å²) < 4.78 is 0. The topological polar surface area (TPSA) is 89.3 Å². The van der Waals surface area contributed by atoms with Gasteiger partial charge in [0, 0.05) is 18.4 Å². The van der Waals surface area contributed by atoms with Crippen LogP contribution in [0.3, 0.4) is 0 Å². The van der Waals surface area contributed by atoms with Crippen LogP contribution in [-0.2, 0) is 11.3 Å². The van der Waals surface area contributed by atoms with Crippen molar-refractivity contribution < 1.29 is 9.63 Å². The Morgan fingerprint density at radius 2 is 1.93 bits per heavy atom.